The molecule has 0 aliphatic rings. The summed E-state index contributed by atoms with van der Waals surface area (Å²) < 4.78 is 0. The fourth-order valence-electron chi connectivity index (χ4n) is 1.26. The summed E-state index contributed by atoms with van der Waals surface area (Å²) >= 11 is 1.26. The van der Waals surface area contributed by atoms with Crippen molar-refractivity contribution in [3.63, 3.8) is 0 Å². The van der Waals surface area contributed by atoms with Gasteiger partial charge in [-0.2, -0.15) is 0 Å². The van der Waals surface area contributed by atoms with Crippen LogP contribution in [0.2, 0.25) is 0 Å². The number of carbonyl (C=O) groups is 2. The molecule has 1 aromatic rings. The van der Waals surface area contributed by atoms with Crippen molar-refractivity contribution in [2.24, 2.45) is 5.92 Å². The van der Waals surface area contributed by atoms with Crippen molar-refractivity contribution < 1.29 is 14.7 Å². The highest BCUT2D eigenvalue weighted by atomic mass is 32.1. The maximum atomic E-state index is 11.5. The van der Waals surface area contributed by atoms with E-state index in [9.17, 15) is 9.59 Å². The summed E-state index contributed by atoms with van der Waals surface area (Å²) in [6.45, 7) is 2.30. The van der Waals surface area contributed by atoms with Crippen LogP contribution in [-0.2, 0) is 4.79 Å². The van der Waals surface area contributed by atoms with Crippen LogP contribution in [0.4, 0.5) is 0 Å². The summed E-state index contributed by atoms with van der Waals surface area (Å²) in [7, 11) is 0. The lowest BCUT2D eigenvalue weighted by molar-refractivity contribution is -0.138. The van der Waals surface area contributed by atoms with Gasteiger partial charge < -0.3 is 10.4 Å². The van der Waals surface area contributed by atoms with E-state index in [0.717, 1.165) is 6.42 Å². The summed E-state index contributed by atoms with van der Waals surface area (Å²) in [5.74, 6) is -1.04. The molecule has 0 saturated carbocycles. The maximum Gasteiger partial charge on any atom is 0.303 e. The quantitative estimate of drug-likeness (QED) is 0.789. The molecule has 1 rings (SSSR count). The van der Waals surface area contributed by atoms with Crippen LogP contribution < -0.4 is 5.32 Å². The van der Waals surface area contributed by atoms with E-state index in [2.05, 4.69) is 10.3 Å². The lowest BCUT2D eigenvalue weighted by Crippen LogP contribution is -2.29. The Kier molecular flexibility index (Phi) is 4.91. The van der Waals surface area contributed by atoms with Gasteiger partial charge in [0.05, 0.1) is 11.7 Å². The van der Waals surface area contributed by atoms with Crippen molar-refractivity contribution in [1.29, 1.82) is 0 Å². The molecule has 5 nitrogen and oxygen atoms in total. The van der Waals surface area contributed by atoms with Crippen molar-refractivity contribution >= 4 is 23.2 Å². The van der Waals surface area contributed by atoms with E-state index >= 15 is 0 Å². The van der Waals surface area contributed by atoms with Crippen LogP contribution in [0, 0.1) is 5.92 Å². The zero-order valence-electron chi connectivity index (χ0n) is 8.97. The van der Waals surface area contributed by atoms with Gasteiger partial charge in [0.15, 0.2) is 0 Å². The minimum atomic E-state index is -0.834. The molecule has 0 spiro atoms. The van der Waals surface area contributed by atoms with Gasteiger partial charge in [-0.25, -0.2) is 0 Å². The molecule has 88 valence electrons. The summed E-state index contributed by atoms with van der Waals surface area (Å²) in [5.41, 5.74) is 1.59. The molecule has 0 bridgehead atoms. The zero-order valence-corrected chi connectivity index (χ0v) is 9.79. The topological polar surface area (TPSA) is 79.3 Å². The van der Waals surface area contributed by atoms with E-state index in [-0.39, 0.29) is 18.2 Å². The lowest BCUT2D eigenvalue weighted by atomic mass is 10.0. The number of thiazole rings is 1. The van der Waals surface area contributed by atoms with Crippen LogP contribution in [0.25, 0.3) is 0 Å². The first kappa shape index (κ1) is 12.6. The van der Waals surface area contributed by atoms with Gasteiger partial charge in [-0.3, -0.25) is 14.6 Å². The fourth-order valence-corrected chi connectivity index (χ4v) is 1.80. The van der Waals surface area contributed by atoms with E-state index in [1.165, 1.54) is 17.5 Å². The SMILES string of the molecule is CCC(CNC(=O)c1cncs1)CC(=O)O. The molecule has 0 aliphatic carbocycles. The molecule has 1 unspecified atom stereocenters. The molecule has 0 fully saturated rings. The van der Waals surface area contributed by atoms with Crippen LogP contribution in [0.15, 0.2) is 11.7 Å². The van der Waals surface area contributed by atoms with E-state index in [4.69, 9.17) is 5.11 Å². The van der Waals surface area contributed by atoms with Crippen LogP contribution in [0.5, 0.6) is 0 Å². The number of amides is 1. The van der Waals surface area contributed by atoms with Crippen molar-refractivity contribution in [3.05, 3.63) is 16.6 Å². The van der Waals surface area contributed by atoms with Crippen molar-refractivity contribution in [3.8, 4) is 0 Å². The first-order valence-electron chi connectivity index (χ1n) is 5.02. The highest BCUT2D eigenvalue weighted by Crippen LogP contribution is 2.08. The molecule has 0 radical (unpaired) electrons. The second kappa shape index (κ2) is 6.22. The van der Waals surface area contributed by atoms with E-state index in [0.29, 0.717) is 11.4 Å². The third kappa shape index (κ3) is 3.98. The number of carboxylic acids is 1. The van der Waals surface area contributed by atoms with Gasteiger partial charge in [-0.15, -0.1) is 11.3 Å². The standard InChI is InChI=1S/C10H14N2O3S/c1-2-7(3-9(13)14)4-12-10(15)8-5-11-6-16-8/h5-7H,2-4H2,1H3,(H,12,15)(H,13,14). The normalized spacial score (nSPS) is 12.1. The maximum absolute atomic E-state index is 11.5. The molecule has 1 heterocycles. The number of nitrogens with zero attached hydrogens (tertiary/aromatic N) is 1. The van der Waals surface area contributed by atoms with Crippen molar-refractivity contribution in [2.75, 3.05) is 6.54 Å². The Morgan fingerprint density at radius 3 is 2.88 bits per heavy atom. The van der Waals surface area contributed by atoms with Gasteiger partial charge in [-0.05, 0) is 5.92 Å². The molecular weight excluding hydrogens is 228 g/mol. The number of carbonyl (C=O) groups excluding carboxylic acids is 1. The number of hydrogen-bond donors (Lipinski definition) is 2. The van der Waals surface area contributed by atoms with Crippen molar-refractivity contribution in [2.45, 2.75) is 19.8 Å². The molecule has 1 aromatic heterocycles. The molecule has 1 amide bonds. The van der Waals surface area contributed by atoms with Gasteiger partial charge in [0.1, 0.15) is 4.88 Å². The predicted octanol–water partition coefficient (Wildman–Crippen LogP) is 1.37. The first-order valence-corrected chi connectivity index (χ1v) is 5.90. The van der Waals surface area contributed by atoms with E-state index < -0.39 is 5.97 Å². The molecule has 6 heteroatoms. The van der Waals surface area contributed by atoms with E-state index in [1.54, 1.807) is 5.51 Å². The third-order valence-electron chi connectivity index (χ3n) is 2.25. The molecule has 0 aromatic carbocycles. The average molecular weight is 242 g/mol. The minimum absolute atomic E-state index is 0.0191. The molecule has 16 heavy (non-hydrogen) atoms. The third-order valence-corrected chi connectivity index (χ3v) is 3.02. The second-order valence-electron chi connectivity index (χ2n) is 3.45. The highest BCUT2D eigenvalue weighted by Gasteiger charge is 2.13. The number of rotatable bonds is 6. The molecule has 2 N–H and O–H groups in total. The Bertz CT molecular complexity index is 351. The number of nitrogens with one attached hydrogen (secondary N) is 1. The van der Waals surface area contributed by atoms with Gasteiger partial charge in [0.2, 0.25) is 0 Å². The Balaban J connectivity index is 2.38. The Morgan fingerprint density at radius 1 is 1.62 bits per heavy atom. The number of carboxylic acid groups (broad SMARTS) is 1. The van der Waals surface area contributed by atoms with Crippen LogP contribution >= 0.6 is 11.3 Å². The Labute approximate surface area is 97.5 Å². The summed E-state index contributed by atoms with van der Waals surface area (Å²) in [6, 6.07) is 0. The predicted molar refractivity (Wildman–Crippen MR) is 60.5 cm³/mol. The largest absolute Gasteiger partial charge is 0.481 e. The molecule has 1 atom stereocenters. The van der Waals surface area contributed by atoms with Gasteiger partial charge in [0.25, 0.3) is 5.91 Å². The molecular formula is C10H14N2O3S. The fraction of sp³-hybridized carbons (Fsp3) is 0.500. The minimum Gasteiger partial charge on any atom is -0.481 e. The van der Waals surface area contributed by atoms with Gasteiger partial charge in [0, 0.05) is 13.0 Å². The highest BCUT2D eigenvalue weighted by molar-refractivity contribution is 7.11. The lowest BCUT2D eigenvalue weighted by Gasteiger charge is -2.12. The second-order valence-corrected chi connectivity index (χ2v) is 4.33. The Hall–Kier alpha value is -1.43. The first-order chi connectivity index (χ1) is 7.63. The van der Waals surface area contributed by atoms with E-state index in [1.807, 2.05) is 6.92 Å². The van der Waals surface area contributed by atoms with Crippen molar-refractivity contribution in [1.82, 2.24) is 10.3 Å². The molecule has 0 saturated heterocycles. The monoisotopic (exact) mass is 242 g/mol. The summed E-state index contributed by atoms with van der Waals surface area (Å²) in [6.07, 6.45) is 2.31. The smallest absolute Gasteiger partial charge is 0.303 e. The molecule has 0 aliphatic heterocycles. The van der Waals surface area contributed by atoms with Gasteiger partial charge >= 0.3 is 5.97 Å². The Morgan fingerprint density at radius 2 is 2.38 bits per heavy atom. The zero-order chi connectivity index (χ0) is 12.0. The summed E-state index contributed by atoms with van der Waals surface area (Å²) in [4.78, 5) is 26.4. The van der Waals surface area contributed by atoms with Crippen LogP contribution in [0.3, 0.4) is 0 Å². The average Bonchev–Trinajstić information content (AvgIpc) is 2.76. The summed E-state index contributed by atoms with van der Waals surface area (Å²) in [5, 5.41) is 11.4. The number of aromatic nitrogens is 1. The number of hydrogen-bond acceptors (Lipinski definition) is 4. The number of aliphatic carboxylic acids is 1. The van der Waals surface area contributed by atoms with Crippen LogP contribution in [0.1, 0.15) is 29.4 Å². The van der Waals surface area contributed by atoms with Gasteiger partial charge in [-0.1, -0.05) is 13.3 Å². The van der Waals surface area contributed by atoms with Crippen LogP contribution in [-0.4, -0.2) is 28.5 Å².